The zero-order valence-corrected chi connectivity index (χ0v) is 55.2. The van der Waals surface area contributed by atoms with Crippen LogP contribution in [0.5, 0.6) is 0 Å². The van der Waals surface area contributed by atoms with Gasteiger partial charge in [0.05, 0.1) is 25.4 Å². The Morgan fingerprint density at radius 2 is 0.711 bits per heavy atom. The lowest BCUT2D eigenvalue weighted by molar-refractivity contribution is -0.302. The molecule has 0 radical (unpaired) electrons. The van der Waals surface area contributed by atoms with E-state index in [1.54, 1.807) is 0 Å². The van der Waals surface area contributed by atoms with Crippen LogP contribution in [0.3, 0.4) is 0 Å². The Hall–Kier alpha value is -1.33. The maximum atomic E-state index is 13.2. The summed E-state index contributed by atoms with van der Waals surface area (Å²) in [7, 11) is 0. The summed E-state index contributed by atoms with van der Waals surface area (Å²) in [6, 6.07) is -0.717. The van der Waals surface area contributed by atoms with Gasteiger partial charge in [-0.15, -0.1) is 0 Å². The summed E-state index contributed by atoms with van der Waals surface area (Å²) in [6.45, 7) is 3.89. The first-order valence-electron chi connectivity index (χ1n) is 37.0. The summed E-state index contributed by atoms with van der Waals surface area (Å²) in [6.07, 6.45) is 77.0. The van der Waals surface area contributed by atoms with Crippen LogP contribution in [0, 0.1) is 0 Å². The van der Waals surface area contributed by atoms with E-state index in [4.69, 9.17) is 9.47 Å². The first-order chi connectivity index (χ1) is 40.8. The number of unbranched alkanes of at least 4 members (excludes halogenated alkanes) is 52. The van der Waals surface area contributed by atoms with Crippen LogP contribution < -0.4 is 5.32 Å². The van der Waals surface area contributed by atoms with Gasteiger partial charge in [-0.2, -0.15) is 0 Å². The number of ether oxygens (including phenoxy) is 2. The third-order valence-electron chi connectivity index (χ3n) is 18.1. The van der Waals surface area contributed by atoms with Crippen molar-refractivity contribution in [2.24, 2.45) is 0 Å². The van der Waals surface area contributed by atoms with E-state index < -0.39 is 49.5 Å². The summed E-state index contributed by atoms with van der Waals surface area (Å²) in [5, 5.41) is 54.9. The molecule has 83 heavy (non-hydrogen) atoms. The summed E-state index contributed by atoms with van der Waals surface area (Å²) in [5.74, 6) is -0.134. The third-order valence-corrected chi connectivity index (χ3v) is 18.1. The fourth-order valence-corrected chi connectivity index (χ4v) is 12.3. The van der Waals surface area contributed by atoms with Crippen LogP contribution in [-0.2, 0) is 14.3 Å². The fourth-order valence-electron chi connectivity index (χ4n) is 12.3. The minimum Gasteiger partial charge on any atom is -0.394 e. The van der Waals surface area contributed by atoms with Gasteiger partial charge in [0, 0.05) is 6.42 Å². The lowest BCUT2D eigenvalue weighted by atomic mass is 9.99. The molecule has 1 aliphatic rings. The summed E-state index contributed by atoms with van der Waals surface area (Å²) in [4.78, 5) is 13.2. The smallest absolute Gasteiger partial charge is 0.220 e. The van der Waals surface area contributed by atoms with Crippen LogP contribution >= 0.6 is 0 Å². The van der Waals surface area contributed by atoms with Gasteiger partial charge in [0.15, 0.2) is 6.29 Å². The Kier molecular flexibility index (Phi) is 61.1. The first kappa shape index (κ1) is 79.7. The number of hydrogen-bond donors (Lipinski definition) is 6. The minimum atomic E-state index is -1.55. The number of aliphatic hydroxyl groups is 5. The molecule has 0 bridgehead atoms. The molecule has 9 nitrogen and oxygen atoms in total. The number of allylic oxidation sites excluding steroid dienone is 4. The number of nitrogens with one attached hydrogen (secondary N) is 1. The van der Waals surface area contributed by atoms with Crippen molar-refractivity contribution in [3.63, 3.8) is 0 Å². The molecule has 1 heterocycles. The standard InChI is InChI=1S/C74H143NO8/c1-3-5-7-9-11-13-15-17-19-21-23-25-26-27-28-29-30-31-32-33-34-35-36-37-38-39-40-41-42-44-46-48-50-52-54-56-58-60-62-64-70(78)75-67(66-82-74-73(81)72(80)71(79)69(65-76)83-74)68(77)63-61-59-57-55-53-51-49-47-45-43-24-22-20-18-16-14-12-10-8-6-4-2/h15,17,21,23,67-69,71-74,76-77,79-81H,3-14,16,18-20,22,24-66H2,1-2H3,(H,75,78)/b17-15-,23-21-. The highest BCUT2D eigenvalue weighted by atomic mass is 16.7. The molecule has 1 aliphatic heterocycles. The maximum absolute atomic E-state index is 13.2. The van der Waals surface area contributed by atoms with Gasteiger partial charge in [0.2, 0.25) is 5.91 Å². The van der Waals surface area contributed by atoms with Gasteiger partial charge >= 0.3 is 0 Å². The van der Waals surface area contributed by atoms with Crippen molar-refractivity contribution in [1.29, 1.82) is 0 Å². The number of amides is 1. The van der Waals surface area contributed by atoms with Crippen LogP contribution in [0.2, 0.25) is 0 Å². The van der Waals surface area contributed by atoms with Gasteiger partial charge in [-0.25, -0.2) is 0 Å². The van der Waals surface area contributed by atoms with Crippen LogP contribution in [-0.4, -0.2) is 87.5 Å². The zero-order chi connectivity index (χ0) is 60.0. The van der Waals surface area contributed by atoms with Gasteiger partial charge in [-0.3, -0.25) is 4.79 Å². The van der Waals surface area contributed by atoms with E-state index in [-0.39, 0.29) is 12.5 Å². The predicted molar refractivity (Wildman–Crippen MR) is 355 cm³/mol. The molecule has 1 amide bonds. The predicted octanol–water partition coefficient (Wildman–Crippen LogP) is 20.4. The van der Waals surface area contributed by atoms with Crippen LogP contribution in [0.25, 0.3) is 0 Å². The maximum Gasteiger partial charge on any atom is 0.220 e. The lowest BCUT2D eigenvalue weighted by Gasteiger charge is -2.40. The van der Waals surface area contributed by atoms with Crippen molar-refractivity contribution in [2.45, 2.75) is 429 Å². The van der Waals surface area contributed by atoms with Gasteiger partial charge in [0.1, 0.15) is 24.4 Å². The fraction of sp³-hybridized carbons (Fsp3) is 0.932. The average molecular weight is 1170 g/mol. The van der Waals surface area contributed by atoms with Gasteiger partial charge in [0.25, 0.3) is 0 Å². The van der Waals surface area contributed by atoms with Crippen LogP contribution in [0.1, 0.15) is 386 Å². The van der Waals surface area contributed by atoms with E-state index in [1.165, 1.54) is 315 Å². The Balaban J connectivity index is 2.03. The van der Waals surface area contributed by atoms with Crippen molar-refractivity contribution in [3.05, 3.63) is 24.3 Å². The van der Waals surface area contributed by atoms with E-state index in [0.29, 0.717) is 12.8 Å². The zero-order valence-electron chi connectivity index (χ0n) is 55.2. The first-order valence-corrected chi connectivity index (χ1v) is 37.0. The van der Waals surface area contributed by atoms with Gasteiger partial charge < -0.3 is 40.3 Å². The van der Waals surface area contributed by atoms with Crippen LogP contribution in [0.4, 0.5) is 0 Å². The van der Waals surface area contributed by atoms with Crippen LogP contribution in [0.15, 0.2) is 24.3 Å². The topological polar surface area (TPSA) is 149 Å². The highest BCUT2D eigenvalue weighted by molar-refractivity contribution is 5.76. The SMILES string of the molecule is CCCCCCC/C=C\C/C=C\CCCCCCCCCCCCCCCCCCCCCCCCCCCCCC(=O)NC(COC1OC(CO)C(O)C(O)C1O)C(O)CCCCCCCCCCCCCCCCCCCCCCC. The highest BCUT2D eigenvalue weighted by Gasteiger charge is 2.44. The molecule has 6 N–H and O–H groups in total. The molecule has 7 atom stereocenters. The number of carbonyl (C=O) groups excluding carboxylic acids is 1. The van der Waals surface area contributed by atoms with Gasteiger partial charge in [-0.1, -0.05) is 359 Å². The normalized spacial score (nSPS) is 18.3. The average Bonchev–Trinajstić information content (AvgIpc) is 3.60. The van der Waals surface area contributed by atoms with E-state index in [1.807, 2.05) is 0 Å². The Bertz CT molecular complexity index is 1360. The highest BCUT2D eigenvalue weighted by Crippen LogP contribution is 2.24. The number of rotatable bonds is 66. The number of aliphatic hydroxyl groups excluding tert-OH is 5. The molecule has 0 aromatic rings. The minimum absolute atomic E-state index is 0.132. The molecule has 9 heteroatoms. The van der Waals surface area contributed by atoms with Crippen molar-refractivity contribution in [2.75, 3.05) is 13.2 Å². The van der Waals surface area contributed by atoms with E-state index in [9.17, 15) is 30.3 Å². The molecule has 7 unspecified atom stereocenters. The Labute approximate surface area is 515 Å². The van der Waals surface area contributed by atoms with Crippen molar-refractivity contribution < 1.29 is 39.8 Å². The molecule has 0 saturated carbocycles. The van der Waals surface area contributed by atoms with Crippen molar-refractivity contribution in [3.8, 4) is 0 Å². The molecule has 1 rings (SSSR count). The molecule has 0 aromatic heterocycles. The van der Waals surface area contributed by atoms with Gasteiger partial charge in [-0.05, 0) is 44.9 Å². The number of hydrogen-bond acceptors (Lipinski definition) is 8. The van der Waals surface area contributed by atoms with E-state index >= 15 is 0 Å². The molecule has 0 spiro atoms. The number of carbonyl (C=O) groups is 1. The molecule has 0 aromatic carbocycles. The van der Waals surface area contributed by atoms with E-state index in [2.05, 4.69) is 43.5 Å². The molecule has 0 aliphatic carbocycles. The lowest BCUT2D eigenvalue weighted by Crippen LogP contribution is -2.60. The molecule has 1 saturated heterocycles. The quantitative estimate of drug-likeness (QED) is 0.0261. The largest absolute Gasteiger partial charge is 0.394 e. The summed E-state index contributed by atoms with van der Waals surface area (Å²) >= 11 is 0. The second kappa shape index (κ2) is 63.7. The molecule has 1 fully saturated rings. The van der Waals surface area contributed by atoms with Crippen molar-refractivity contribution in [1.82, 2.24) is 5.32 Å². The second-order valence-electron chi connectivity index (χ2n) is 26.1. The molecule has 492 valence electrons. The molecular formula is C74H143NO8. The second-order valence-corrected chi connectivity index (χ2v) is 26.1. The Morgan fingerprint density at radius 1 is 0.410 bits per heavy atom. The molecular weight excluding hydrogens is 1030 g/mol. The Morgan fingerprint density at radius 3 is 1.04 bits per heavy atom. The third kappa shape index (κ3) is 52.3. The van der Waals surface area contributed by atoms with E-state index in [0.717, 1.165) is 44.9 Å². The summed E-state index contributed by atoms with van der Waals surface area (Å²) < 4.78 is 11.4. The monoisotopic (exact) mass is 1170 g/mol. The summed E-state index contributed by atoms with van der Waals surface area (Å²) in [5.41, 5.74) is 0. The van der Waals surface area contributed by atoms with Crippen molar-refractivity contribution >= 4 is 5.91 Å².